The summed E-state index contributed by atoms with van der Waals surface area (Å²) in [7, 11) is 0. The van der Waals surface area contributed by atoms with Crippen molar-refractivity contribution >= 4 is 0 Å². The van der Waals surface area contributed by atoms with Crippen LogP contribution < -0.4 is 0 Å². The zero-order valence-electron chi connectivity index (χ0n) is 14.6. The Bertz CT molecular complexity index is 371. The Hall–Kier alpha value is -0.980. The van der Waals surface area contributed by atoms with Crippen molar-refractivity contribution in [3.05, 3.63) is 36.6 Å². The van der Waals surface area contributed by atoms with Crippen LogP contribution in [0.3, 0.4) is 0 Å². The molecule has 0 aromatic rings. The summed E-state index contributed by atoms with van der Waals surface area (Å²) >= 11 is 0. The molecule has 0 heterocycles. The van der Waals surface area contributed by atoms with Crippen LogP contribution in [0.4, 0.5) is 0 Å². The third-order valence-electron chi connectivity index (χ3n) is 4.76. The molecule has 2 saturated carbocycles. The van der Waals surface area contributed by atoms with Gasteiger partial charge in [-0.2, -0.15) is 0 Å². The maximum atomic E-state index is 4.34. The van der Waals surface area contributed by atoms with E-state index in [0.717, 1.165) is 18.4 Å². The fourth-order valence-electron chi connectivity index (χ4n) is 2.86. The highest BCUT2D eigenvalue weighted by Gasteiger charge is 2.31. The molecule has 1 nitrogen and oxygen atoms in total. The number of hydrogen-bond donors (Lipinski definition) is 0. The second-order valence-electron chi connectivity index (χ2n) is 7.13. The molecule has 124 valence electrons. The maximum absolute atomic E-state index is 4.34. The van der Waals surface area contributed by atoms with E-state index < -0.39 is 0 Å². The largest absolute Gasteiger partial charge is 0.371 e. The van der Waals surface area contributed by atoms with Crippen molar-refractivity contribution in [1.82, 2.24) is 4.90 Å². The van der Waals surface area contributed by atoms with Gasteiger partial charge in [0.2, 0.25) is 0 Å². The molecule has 0 bridgehead atoms. The molecule has 0 spiro atoms. The van der Waals surface area contributed by atoms with Gasteiger partial charge in [-0.1, -0.05) is 50.6 Å². The van der Waals surface area contributed by atoms with Crippen LogP contribution in [0.25, 0.3) is 0 Å². The highest BCUT2D eigenvalue weighted by molar-refractivity contribution is 5.09. The molecule has 2 aliphatic carbocycles. The van der Waals surface area contributed by atoms with Gasteiger partial charge in [0.05, 0.1) is 0 Å². The number of allylic oxidation sites excluding steroid dienone is 4. The molecule has 2 aliphatic rings. The number of hydrogen-bond acceptors (Lipinski definition) is 1. The van der Waals surface area contributed by atoms with Crippen molar-refractivity contribution < 1.29 is 0 Å². The van der Waals surface area contributed by atoms with Gasteiger partial charge in [0.15, 0.2) is 0 Å². The molecule has 1 heteroatoms. The number of nitrogens with zero attached hydrogens (tertiary/aromatic N) is 1. The van der Waals surface area contributed by atoms with Gasteiger partial charge in [-0.15, -0.1) is 0 Å². The lowest BCUT2D eigenvalue weighted by atomic mass is 10.2. The van der Waals surface area contributed by atoms with Gasteiger partial charge in [0.25, 0.3) is 0 Å². The normalized spacial score (nSPS) is 18.4. The minimum absolute atomic E-state index is 0.804. The summed E-state index contributed by atoms with van der Waals surface area (Å²) in [4.78, 5) is 2.55. The van der Waals surface area contributed by atoms with Crippen LogP contribution >= 0.6 is 0 Å². The van der Waals surface area contributed by atoms with E-state index in [-0.39, 0.29) is 0 Å². The van der Waals surface area contributed by atoms with E-state index in [1.807, 2.05) is 0 Å². The molecule has 0 aliphatic heterocycles. The van der Waals surface area contributed by atoms with Crippen LogP contribution in [-0.4, -0.2) is 18.0 Å². The predicted molar refractivity (Wildman–Crippen MR) is 97.8 cm³/mol. The zero-order valence-corrected chi connectivity index (χ0v) is 14.6. The van der Waals surface area contributed by atoms with E-state index >= 15 is 0 Å². The topological polar surface area (TPSA) is 3.24 Å². The van der Waals surface area contributed by atoms with E-state index in [2.05, 4.69) is 42.7 Å². The van der Waals surface area contributed by atoms with Crippen molar-refractivity contribution in [1.29, 1.82) is 0 Å². The van der Waals surface area contributed by atoms with Crippen LogP contribution in [0.15, 0.2) is 36.6 Å². The lowest BCUT2D eigenvalue weighted by Gasteiger charge is -2.25. The van der Waals surface area contributed by atoms with E-state index in [1.165, 1.54) is 76.5 Å². The van der Waals surface area contributed by atoms with Crippen LogP contribution in [0.1, 0.15) is 71.1 Å². The monoisotopic (exact) mass is 301 g/mol. The van der Waals surface area contributed by atoms with Gasteiger partial charge in [-0.05, 0) is 63.2 Å². The summed E-state index contributed by atoms with van der Waals surface area (Å²) in [5.41, 5.74) is 1.41. The molecule has 0 aromatic carbocycles. The van der Waals surface area contributed by atoms with Crippen molar-refractivity contribution in [3.8, 4) is 0 Å². The summed E-state index contributed by atoms with van der Waals surface area (Å²) in [6, 6.07) is 0. The maximum Gasteiger partial charge on any atom is 0.0356 e. The molecule has 0 aromatic heterocycles. The van der Waals surface area contributed by atoms with Crippen LogP contribution in [0, 0.1) is 11.8 Å². The number of rotatable bonds is 13. The van der Waals surface area contributed by atoms with Crippen molar-refractivity contribution in [2.24, 2.45) is 11.8 Å². The second kappa shape index (κ2) is 9.92. The predicted octanol–water partition coefficient (Wildman–Crippen LogP) is 6.10. The number of unbranched alkanes of at least 4 members (excludes halogenated alkanes) is 4. The van der Waals surface area contributed by atoms with Crippen molar-refractivity contribution in [2.75, 3.05) is 13.1 Å². The lowest BCUT2D eigenvalue weighted by molar-refractivity contribution is 0.346. The van der Waals surface area contributed by atoms with Crippen LogP contribution in [0.5, 0.6) is 0 Å². The molecular formula is C21H35N. The Morgan fingerprint density at radius 1 is 0.955 bits per heavy atom. The summed E-state index contributed by atoms with van der Waals surface area (Å²) in [6.07, 6.45) is 22.7. The van der Waals surface area contributed by atoms with E-state index in [4.69, 9.17) is 0 Å². The molecule has 0 N–H and O–H groups in total. The van der Waals surface area contributed by atoms with Gasteiger partial charge in [-0.25, -0.2) is 0 Å². The minimum atomic E-state index is 0.804. The van der Waals surface area contributed by atoms with Crippen molar-refractivity contribution in [3.63, 3.8) is 0 Å². The fraction of sp³-hybridized carbons (Fsp3) is 0.714. The molecule has 2 rings (SSSR count). The van der Waals surface area contributed by atoms with Gasteiger partial charge in [0, 0.05) is 18.8 Å². The van der Waals surface area contributed by atoms with Gasteiger partial charge in [-0.3, -0.25) is 0 Å². The smallest absolute Gasteiger partial charge is 0.0356 e. The molecular weight excluding hydrogens is 266 g/mol. The Kier molecular flexibility index (Phi) is 7.83. The lowest BCUT2D eigenvalue weighted by Crippen LogP contribution is -2.26. The Balaban J connectivity index is 1.56. The summed E-state index contributed by atoms with van der Waals surface area (Å²) in [5, 5.41) is 0. The van der Waals surface area contributed by atoms with Crippen LogP contribution in [-0.2, 0) is 0 Å². The third kappa shape index (κ3) is 7.33. The first kappa shape index (κ1) is 17.4. The first-order valence-corrected chi connectivity index (χ1v) is 9.55. The molecule has 0 amide bonds. The molecule has 0 atom stereocenters. The third-order valence-corrected chi connectivity index (χ3v) is 4.76. The van der Waals surface area contributed by atoms with E-state index in [9.17, 15) is 0 Å². The summed E-state index contributed by atoms with van der Waals surface area (Å²) < 4.78 is 0. The van der Waals surface area contributed by atoms with Gasteiger partial charge in [0.1, 0.15) is 0 Å². The second-order valence-corrected chi connectivity index (χ2v) is 7.13. The quantitative estimate of drug-likeness (QED) is 0.294. The molecule has 2 fully saturated rings. The molecule has 0 saturated heterocycles. The molecule has 0 unspecified atom stereocenters. The Morgan fingerprint density at radius 2 is 1.64 bits per heavy atom. The molecule has 0 radical (unpaired) electrons. The van der Waals surface area contributed by atoms with Gasteiger partial charge >= 0.3 is 0 Å². The minimum Gasteiger partial charge on any atom is -0.371 e. The SMILES string of the molecule is C=C(C1CC1)N(C/C=C/CC/C=C\CCCCC)CC1CC1. The fourth-order valence-corrected chi connectivity index (χ4v) is 2.86. The highest BCUT2D eigenvalue weighted by atomic mass is 15.1. The Labute approximate surface area is 138 Å². The van der Waals surface area contributed by atoms with Gasteiger partial charge < -0.3 is 4.90 Å². The van der Waals surface area contributed by atoms with E-state index in [1.54, 1.807) is 0 Å². The standard InChI is InChI=1S/C21H35N/c1-3-4-5-6-7-8-9-10-11-12-17-22(18-20-13-14-20)19(2)21-15-16-21/h7-8,11-12,20-21H,2-6,9-10,13-18H2,1H3/b8-7-,12-11+. The summed E-state index contributed by atoms with van der Waals surface area (Å²) in [5.74, 6) is 1.76. The average molecular weight is 302 g/mol. The van der Waals surface area contributed by atoms with Crippen LogP contribution in [0.2, 0.25) is 0 Å². The van der Waals surface area contributed by atoms with Crippen molar-refractivity contribution in [2.45, 2.75) is 71.1 Å². The molecule has 22 heavy (non-hydrogen) atoms. The summed E-state index contributed by atoms with van der Waals surface area (Å²) in [6.45, 7) is 8.93. The first-order chi connectivity index (χ1) is 10.8. The zero-order chi connectivity index (χ0) is 15.6. The average Bonchev–Trinajstić information content (AvgIpc) is 3.39. The first-order valence-electron chi connectivity index (χ1n) is 9.55. The van der Waals surface area contributed by atoms with E-state index in [0.29, 0.717) is 0 Å². The Morgan fingerprint density at radius 3 is 2.27 bits per heavy atom. The highest BCUT2D eigenvalue weighted by Crippen LogP contribution is 2.39.